The molecule has 1 heterocycles. The molecule has 1 aromatic rings. The van der Waals surface area contributed by atoms with Gasteiger partial charge in [-0.1, -0.05) is 12.1 Å². The molecule has 140 valence electrons. The smallest absolute Gasteiger partial charge is 0.225 e. The Hall–Kier alpha value is -1.42. The maximum Gasteiger partial charge on any atom is 0.225 e. The lowest BCUT2D eigenvalue weighted by Gasteiger charge is -2.52. The summed E-state index contributed by atoms with van der Waals surface area (Å²) in [5.74, 6) is 1.12. The molecular weight excluding hydrogens is 329 g/mol. The standard InChI is InChI=1S/C22H28FNO2/c1-21(26)9-17(10-21)20(25)24-12-22(13-24)7-6-16(11-22)18-8-15(14-2-3-14)4-5-19(18)23/h4-5,8,14,16-17,26H,2-3,6-7,9-13H2,1H3. The van der Waals surface area contributed by atoms with E-state index in [1.54, 1.807) is 13.0 Å². The topological polar surface area (TPSA) is 40.5 Å². The minimum atomic E-state index is -0.647. The molecule has 1 aliphatic heterocycles. The molecule has 4 heteroatoms. The molecule has 1 saturated heterocycles. The average molecular weight is 357 g/mol. The minimum absolute atomic E-state index is 0.00668. The number of benzene rings is 1. The quantitative estimate of drug-likeness (QED) is 0.889. The fourth-order valence-electron chi connectivity index (χ4n) is 5.66. The van der Waals surface area contributed by atoms with Gasteiger partial charge in [0.1, 0.15) is 5.82 Å². The van der Waals surface area contributed by atoms with Crippen molar-refractivity contribution >= 4 is 5.91 Å². The van der Waals surface area contributed by atoms with Gasteiger partial charge in [-0.25, -0.2) is 4.39 Å². The van der Waals surface area contributed by atoms with Gasteiger partial charge in [-0.3, -0.25) is 4.79 Å². The number of nitrogens with zero attached hydrogens (tertiary/aromatic N) is 1. The maximum atomic E-state index is 14.4. The van der Waals surface area contributed by atoms with Crippen LogP contribution in [0.15, 0.2) is 18.2 Å². The van der Waals surface area contributed by atoms with E-state index in [0.717, 1.165) is 37.9 Å². The van der Waals surface area contributed by atoms with Crippen molar-refractivity contribution in [3.05, 3.63) is 35.1 Å². The largest absolute Gasteiger partial charge is 0.390 e. The third kappa shape index (κ3) is 2.77. The van der Waals surface area contributed by atoms with Crippen LogP contribution in [0.4, 0.5) is 4.39 Å². The number of carbonyl (C=O) groups is 1. The SMILES string of the molecule is CC1(O)CC(C(=O)N2CC3(CCC(c4cc(C5CC5)ccc4F)C3)C2)C1. The van der Waals surface area contributed by atoms with Gasteiger partial charge in [0, 0.05) is 24.4 Å². The summed E-state index contributed by atoms with van der Waals surface area (Å²) in [5, 5.41) is 9.86. The second-order valence-electron chi connectivity index (χ2n) is 9.79. The van der Waals surface area contributed by atoms with Crippen LogP contribution in [0.1, 0.15) is 74.8 Å². The molecule has 3 aliphatic carbocycles. The average Bonchev–Trinajstić information content (AvgIpc) is 3.29. The predicted molar refractivity (Wildman–Crippen MR) is 97.3 cm³/mol. The summed E-state index contributed by atoms with van der Waals surface area (Å²) in [6.45, 7) is 3.45. The Morgan fingerprint density at radius 2 is 1.88 bits per heavy atom. The number of aliphatic hydroxyl groups is 1. The molecule has 1 N–H and O–H groups in total. The van der Waals surface area contributed by atoms with Gasteiger partial charge < -0.3 is 10.0 Å². The Morgan fingerprint density at radius 3 is 2.54 bits per heavy atom. The number of hydrogen-bond acceptors (Lipinski definition) is 2. The summed E-state index contributed by atoms with van der Waals surface area (Å²) >= 11 is 0. The molecule has 0 aromatic heterocycles. The van der Waals surface area contributed by atoms with Crippen LogP contribution in [0.2, 0.25) is 0 Å². The van der Waals surface area contributed by atoms with Crippen LogP contribution in [-0.2, 0) is 4.79 Å². The first kappa shape index (κ1) is 16.7. The van der Waals surface area contributed by atoms with Crippen molar-refractivity contribution < 1.29 is 14.3 Å². The van der Waals surface area contributed by atoms with Crippen LogP contribution < -0.4 is 0 Å². The Balaban J connectivity index is 1.22. The number of amides is 1. The fourth-order valence-corrected chi connectivity index (χ4v) is 5.66. The van der Waals surface area contributed by atoms with E-state index in [1.807, 2.05) is 11.0 Å². The Bertz CT molecular complexity index is 741. The minimum Gasteiger partial charge on any atom is -0.390 e. The Labute approximate surface area is 154 Å². The van der Waals surface area contributed by atoms with Gasteiger partial charge in [-0.2, -0.15) is 0 Å². The molecular formula is C22H28FNO2. The lowest BCUT2D eigenvalue weighted by atomic mass is 9.69. The van der Waals surface area contributed by atoms with E-state index < -0.39 is 5.60 Å². The van der Waals surface area contributed by atoms with E-state index in [2.05, 4.69) is 6.07 Å². The number of hydrogen-bond donors (Lipinski definition) is 1. The van der Waals surface area contributed by atoms with Gasteiger partial charge in [0.05, 0.1) is 5.60 Å². The highest BCUT2D eigenvalue weighted by Crippen LogP contribution is 2.53. The third-order valence-corrected chi connectivity index (χ3v) is 7.30. The van der Waals surface area contributed by atoms with Crippen LogP contribution in [0.25, 0.3) is 0 Å². The van der Waals surface area contributed by atoms with Crippen molar-refractivity contribution in [2.24, 2.45) is 11.3 Å². The van der Waals surface area contributed by atoms with Crippen LogP contribution >= 0.6 is 0 Å². The summed E-state index contributed by atoms with van der Waals surface area (Å²) in [5.41, 5.74) is 1.77. The molecule has 1 aromatic carbocycles. The van der Waals surface area contributed by atoms with Crippen LogP contribution in [0.5, 0.6) is 0 Å². The molecule has 0 radical (unpaired) electrons. The first-order chi connectivity index (χ1) is 12.3. The molecule has 4 fully saturated rings. The van der Waals surface area contributed by atoms with Crippen LogP contribution in [0.3, 0.4) is 0 Å². The first-order valence-corrected chi connectivity index (χ1v) is 10.1. The second kappa shape index (κ2) is 5.54. The molecule has 3 nitrogen and oxygen atoms in total. The first-order valence-electron chi connectivity index (χ1n) is 10.1. The molecule has 5 rings (SSSR count). The molecule has 4 aliphatic rings. The van der Waals surface area contributed by atoms with E-state index in [4.69, 9.17) is 0 Å². The lowest BCUT2D eigenvalue weighted by Crippen LogP contribution is -2.61. The predicted octanol–water partition coefficient (Wildman–Crippen LogP) is 3.96. The van der Waals surface area contributed by atoms with Crippen molar-refractivity contribution in [1.82, 2.24) is 4.90 Å². The third-order valence-electron chi connectivity index (χ3n) is 7.30. The number of likely N-dealkylation sites (tertiary alicyclic amines) is 1. The van der Waals surface area contributed by atoms with Crippen molar-refractivity contribution in [1.29, 1.82) is 0 Å². The molecule has 3 saturated carbocycles. The Kier molecular flexibility index (Phi) is 3.57. The van der Waals surface area contributed by atoms with Crippen molar-refractivity contribution in [2.45, 2.75) is 69.3 Å². The van der Waals surface area contributed by atoms with Crippen molar-refractivity contribution in [3.8, 4) is 0 Å². The van der Waals surface area contributed by atoms with Gasteiger partial charge in [-0.05, 0) is 80.9 Å². The highest BCUT2D eigenvalue weighted by molar-refractivity contribution is 5.81. The molecule has 1 spiro atoms. The molecule has 1 amide bonds. The molecule has 26 heavy (non-hydrogen) atoms. The van der Waals surface area contributed by atoms with Crippen LogP contribution in [-0.4, -0.2) is 34.6 Å². The van der Waals surface area contributed by atoms with Gasteiger partial charge in [0.25, 0.3) is 0 Å². The molecule has 1 atom stereocenters. The zero-order chi connectivity index (χ0) is 18.1. The second-order valence-corrected chi connectivity index (χ2v) is 9.79. The van der Waals surface area contributed by atoms with Crippen molar-refractivity contribution in [3.63, 3.8) is 0 Å². The number of halogens is 1. The molecule has 1 unspecified atom stereocenters. The van der Waals surface area contributed by atoms with E-state index in [1.165, 1.54) is 18.4 Å². The zero-order valence-corrected chi connectivity index (χ0v) is 15.5. The summed E-state index contributed by atoms with van der Waals surface area (Å²) in [4.78, 5) is 14.5. The fraction of sp³-hybridized carbons (Fsp3) is 0.682. The summed E-state index contributed by atoms with van der Waals surface area (Å²) < 4.78 is 14.4. The Morgan fingerprint density at radius 1 is 1.15 bits per heavy atom. The molecule has 0 bridgehead atoms. The van der Waals surface area contributed by atoms with E-state index in [-0.39, 0.29) is 23.1 Å². The van der Waals surface area contributed by atoms with Gasteiger partial charge in [-0.15, -0.1) is 0 Å². The highest BCUT2D eigenvalue weighted by atomic mass is 19.1. The summed E-state index contributed by atoms with van der Waals surface area (Å²) in [6.07, 6.45) is 6.80. The van der Waals surface area contributed by atoms with Gasteiger partial charge in [0.15, 0.2) is 0 Å². The monoisotopic (exact) mass is 357 g/mol. The number of carbonyl (C=O) groups excluding carboxylic acids is 1. The van der Waals surface area contributed by atoms with E-state index in [0.29, 0.717) is 24.7 Å². The maximum absolute atomic E-state index is 14.4. The van der Waals surface area contributed by atoms with Gasteiger partial charge in [0.2, 0.25) is 5.91 Å². The van der Waals surface area contributed by atoms with Crippen molar-refractivity contribution in [2.75, 3.05) is 13.1 Å². The number of rotatable bonds is 3. The van der Waals surface area contributed by atoms with Crippen LogP contribution in [0, 0.1) is 17.2 Å². The van der Waals surface area contributed by atoms with E-state index in [9.17, 15) is 14.3 Å². The summed E-state index contributed by atoms with van der Waals surface area (Å²) in [7, 11) is 0. The van der Waals surface area contributed by atoms with E-state index >= 15 is 0 Å². The normalized spacial score (nSPS) is 35.3. The summed E-state index contributed by atoms with van der Waals surface area (Å²) in [6, 6.07) is 5.74. The zero-order valence-electron chi connectivity index (χ0n) is 15.5. The lowest BCUT2D eigenvalue weighted by molar-refractivity contribution is -0.161. The van der Waals surface area contributed by atoms with Gasteiger partial charge >= 0.3 is 0 Å². The highest BCUT2D eigenvalue weighted by Gasteiger charge is 2.53.